The minimum absolute atomic E-state index is 0.0634. The number of carbonyl (C=O) groups excluding carboxylic acids is 1. The van der Waals surface area contributed by atoms with Crippen molar-refractivity contribution in [3.05, 3.63) is 67.2 Å². The van der Waals surface area contributed by atoms with Gasteiger partial charge in [0.2, 0.25) is 0 Å². The lowest BCUT2D eigenvalue weighted by atomic mass is 10.0. The van der Waals surface area contributed by atoms with Crippen molar-refractivity contribution in [1.29, 1.82) is 0 Å². The molecule has 0 spiro atoms. The minimum atomic E-state index is 0.0634. The molecule has 0 saturated carbocycles. The first-order valence-corrected chi connectivity index (χ1v) is 8.07. The van der Waals surface area contributed by atoms with Crippen LogP contribution in [0.3, 0.4) is 0 Å². The van der Waals surface area contributed by atoms with E-state index in [4.69, 9.17) is 0 Å². The molecule has 98 valence electrons. The van der Waals surface area contributed by atoms with Gasteiger partial charge in [-0.25, -0.2) is 0 Å². The number of halogens is 2. The van der Waals surface area contributed by atoms with Crippen molar-refractivity contribution >= 4 is 44.3 Å². The topological polar surface area (TPSA) is 17.1 Å². The van der Waals surface area contributed by atoms with E-state index in [-0.39, 0.29) is 5.78 Å². The predicted molar refractivity (Wildman–Crippen MR) is 90.7 cm³/mol. The summed E-state index contributed by atoms with van der Waals surface area (Å²) in [5, 5.41) is 0. The normalized spacial score (nSPS) is 10.5. The summed E-state index contributed by atoms with van der Waals surface area (Å²) < 4.78 is 1.90. The first kappa shape index (κ1) is 14.7. The smallest absolute Gasteiger partial charge is 0.194 e. The molecule has 0 heterocycles. The van der Waals surface area contributed by atoms with Gasteiger partial charge in [0.15, 0.2) is 5.78 Å². The first-order valence-electron chi connectivity index (χ1n) is 6.20. The highest BCUT2D eigenvalue weighted by atomic mass is 127. The lowest BCUT2D eigenvalue weighted by Gasteiger charge is -2.06. The summed E-state index contributed by atoms with van der Waals surface area (Å²) >= 11 is 5.66. The van der Waals surface area contributed by atoms with E-state index in [0.717, 1.165) is 32.0 Å². The van der Waals surface area contributed by atoms with Crippen molar-refractivity contribution in [2.45, 2.75) is 19.8 Å². The number of rotatable bonds is 4. The molecular weight excluding hydrogens is 415 g/mol. The Hall–Kier alpha value is -0.680. The highest BCUT2D eigenvalue weighted by molar-refractivity contribution is 14.1. The second kappa shape index (κ2) is 6.66. The summed E-state index contributed by atoms with van der Waals surface area (Å²) in [5.74, 6) is 0.0634. The van der Waals surface area contributed by atoms with Gasteiger partial charge in [-0.15, -0.1) is 0 Å². The second-order valence-electron chi connectivity index (χ2n) is 4.40. The zero-order valence-electron chi connectivity index (χ0n) is 10.6. The maximum absolute atomic E-state index is 12.5. The Morgan fingerprint density at radius 2 is 1.84 bits per heavy atom. The summed E-state index contributed by atoms with van der Waals surface area (Å²) in [6.45, 7) is 2.15. The van der Waals surface area contributed by atoms with E-state index in [0.29, 0.717) is 0 Å². The third-order valence-corrected chi connectivity index (χ3v) is 4.29. The molecule has 0 amide bonds. The summed E-state index contributed by atoms with van der Waals surface area (Å²) in [5.41, 5.74) is 2.73. The van der Waals surface area contributed by atoms with E-state index in [1.807, 2.05) is 42.5 Å². The number of benzene rings is 2. The SMILES string of the molecule is CCCc1ccc(C(=O)c2cc(I)ccc2Br)cc1. The van der Waals surface area contributed by atoms with Crippen LogP contribution in [0.4, 0.5) is 0 Å². The van der Waals surface area contributed by atoms with E-state index in [1.54, 1.807) is 0 Å². The third-order valence-electron chi connectivity index (χ3n) is 2.93. The van der Waals surface area contributed by atoms with Crippen LogP contribution in [-0.2, 0) is 6.42 Å². The van der Waals surface area contributed by atoms with Crippen LogP contribution in [0.1, 0.15) is 34.8 Å². The van der Waals surface area contributed by atoms with Gasteiger partial charge >= 0.3 is 0 Å². The molecule has 1 nitrogen and oxygen atoms in total. The Balaban J connectivity index is 2.30. The van der Waals surface area contributed by atoms with Gasteiger partial charge in [-0.3, -0.25) is 4.79 Å². The fourth-order valence-electron chi connectivity index (χ4n) is 1.94. The van der Waals surface area contributed by atoms with Gasteiger partial charge in [-0.05, 0) is 52.8 Å². The second-order valence-corrected chi connectivity index (χ2v) is 6.50. The zero-order chi connectivity index (χ0) is 13.8. The van der Waals surface area contributed by atoms with Crippen molar-refractivity contribution in [2.24, 2.45) is 0 Å². The first-order chi connectivity index (χ1) is 9.11. The molecule has 0 aliphatic heterocycles. The van der Waals surface area contributed by atoms with Crippen molar-refractivity contribution in [3.63, 3.8) is 0 Å². The van der Waals surface area contributed by atoms with Crippen LogP contribution < -0.4 is 0 Å². The summed E-state index contributed by atoms with van der Waals surface area (Å²) in [6.07, 6.45) is 2.18. The van der Waals surface area contributed by atoms with Crippen LogP contribution in [0.15, 0.2) is 46.9 Å². The van der Waals surface area contributed by atoms with E-state index in [1.165, 1.54) is 5.56 Å². The molecule has 2 aromatic carbocycles. The van der Waals surface area contributed by atoms with E-state index in [9.17, 15) is 4.79 Å². The highest BCUT2D eigenvalue weighted by Crippen LogP contribution is 2.22. The van der Waals surface area contributed by atoms with E-state index >= 15 is 0 Å². The molecule has 0 aliphatic carbocycles. The molecule has 0 fully saturated rings. The van der Waals surface area contributed by atoms with Crippen molar-refractivity contribution in [3.8, 4) is 0 Å². The molecule has 0 aliphatic rings. The molecule has 0 unspecified atom stereocenters. The Labute approximate surface area is 135 Å². The summed E-state index contributed by atoms with van der Waals surface area (Å²) in [4.78, 5) is 12.5. The number of hydrogen-bond acceptors (Lipinski definition) is 1. The minimum Gasteiger partial charge on any atom is -0.289 e. The maximum atomic E-state index is 12.5. The molecule has 19 heavy (non-hydrogen) atoms. The molecule has 0 bridgehead atoms. The number of ketones is 1. The van der Waals surface area contributed by atoms with Crippen LogP contribution in [0, 0.1) is 3.57 Å². The molecule has 0 aromatic heterocycles. The summed E-state index contributed by atoms with van der Waals surface area (Å²) in [7, 11) is 0. The molecule has 0 N–H and O–H groups in total. The predicted octanol–water partition coefficient (Wildman–Crippen LogP) is 5.24. The average Bonchev–Trinajstić information content (AvgIpc) is 2.42. The van der Waals surface area contributed by atoms with Crippen LogP contribution in [0.25, 0.3) is 0 Å². The molecule has 2 rings (SSSR count). The molecule has 3 heteroatoms. The Bertz CT molecular complexity index is 590. The molecular formula is C16H14BrIO. The van der Waals surface area contributed by atoms with Gasteiger partial charge in [0, 0.05) is 19.2 Å². The Kier molecular flexibility index (Phi) is 5.16. The van der Waals surface area contributed by atoms with Gasteiger partial charge in [0.1, 0.15) is 0 Å². The Morgan fingerprint density at radius 1 is 1.16 bits per heavy atom. The van der Waals surface area contributed by atoms with E-state index in [2.05, 4.69) is 45.4 Å². The number of carbonyl (C=O) groups is 1. The molecule has 0 saturated heterocycles. The monoisotopic (exact) mass is 428 g/mol. The fourth-order valence-corrected chi connectivity index (χ4v) is 2.86. The van der Waals surface area contributed by atoms with Crippen molar-refractivity contribution in [2.75, 3.05) is 0 Å². The van der Waals surface area contributed by atoms with Crippen LogP contribution >= 0.6 is 38.5 Å². The van der Waals surface area contributed by atoms with Gasteiger partial charge in [-0.2, -0.15) is 0 Å². The number of hydrogen-bond donors (Lipinski definition) is 0. The quantitative estimate of drug-likeness (QED) is 0.480. The van der Waals surface area contributed by atoms with Crippen molar-refractivity contribution in [1.82, 2.24) is 0 Å². The van der Waals surface area contributed by atoms with Crippen molar-refractivity contribution < 1.29 is 4.79 Å². The third kappa shape index (κ3) is 3.66. The van der Waals surface area contributed by atoms with Crippen LogP contribution in [0.5, 0.6) is 0 Å². The zero-order valence-corrected chi connectivity index (χ0v) is 14.4. The lowest BCUT2D eigenvalue weighted by molar-refractivity contribution is 0.103. The van der Waals surface area contributed by atoms with Crippen LogP contribution in [-0.4, -0.2) is 5.78 Å². The van der Waals surface area contributed by atoms with Crippen LogP contribution in [0.2, 0.25) is 0 Å². The average molecular weight is 429 g/mol. The maximum Gasteiger partial charge on any atom is 0.194 e. The van der Waals surface area contributed by atoms with Gasteiger partial charge in [0.05, 0.1) is 0 Å². The van der Waals surface area contributed by atoms with Gasteiger partial charge < -0.3 is 0 Å². The fraction of sp³-hybridized carbons (Fsp3) is 0.188. The lowest BCUT2D eigenvalue weighted by Crippen LogP contribution is -2.03. The Morgan fingerprint density at radius 3 is 2.47 bits per heavy atom. The molecule has 2 aromatic rings. The van der Waals surface area contributed by atoms with Gasteiger partial charge in [0.25, 0.3) is 0 Å². The number of aryl methyl sites for hydroxylation is 1. The standard InChI is InChI=1S/C16H14BrIO/c1-2-3-11-4-6-12(7-5-11)16(19)14-10-13(18)8-9-15(14)17/h4-10H,2-3H2,1H3. The van der Waals surface area contributed by atoms with E-state index < -0.39 is 0 Å². The summed E-state index contributed by atoms with van der Waals surface area (Å²) in [6, 6.07) is 13.7. The van der Waals surface area contributed by atoms with Gasteiger partial charge in [-0.1, -0.05) is 53.5 Å². The largest absolute Gasteiger partial charge is 0.289 e. The highest BCUT2D eigenvalue weighted by Gasteiger charge is 2.12. The molecule has 0 radical (unpaired) electrons. The molecule has 0 atom stereocenters.